The predicted octanol–water partition coefficient (Wildman–Crippen LogP) is 1.95. The molecular formula is C13H27N7S. The van der Waals surface area contributed by atoms with Crippen LogP contribution in [0.3, 0.4) is 0 Å². The van der Waals surface area contributed by atoms with Crippen LogP contribution in [0.2, 0.25) is 0 Å². The average molecular weight is 313 g/mol. The van der Waals surface area contributed by atoms with Crippen LogP contribution in [0.4, 0.5) is 17.8 Å². The average Bonchev–Trinajstić information content (AvgIpc) is 2.48. The van der Waals surface area contributed by atoms with E-state index in [9.17, 15) is 0 Å². The van der Waals surface area contributed by atoms with E-state index >= 15 is 0 Å². The van der Waals surface area contributed by atoms with Crippen LogP contribution < -0.4 is 21.5 Å². The van der Waals surface area contributed by atoms with Gasteiger partial charge in [0.25, 0.3) is 0 Å². The molecule has 1 aromatic heterocycles. The fraction of sp³-hybridized carbons (Fsp3) is 0.769. The summed E-state index contributed by atoms with van der Waals surface area (Å²) in [5.41, 5.74) is 2.50. The van der Waals surface area contributed by atoms with Crippen molar-refractivity contribution in [2.75, 3.05) is 40.2 Å². The highest BCUT2D eigenvalue weighted by Gasteiger charge is 2.12. The first-order valence-corrected chi connectivity index (χ1v) is 8.61. The molecule has 0 saturated heterocycles. The monoisotopic (exact) mass is 313 g/mol. The van der Waals surface area contributed by atoms with E-state index in [1.165, 1.54) is 0 Å². The van der Waals surface area contributed by atoms with E-state index in [4.69, 9.17) is 5.84 Å². The summed E-state index contributed by atoms with van der Waals surface area (Å²) in [5.74, 6) is 9.30. The fourth-order valence-electron chi connectivity index (χ4n) is 1.84. The van der Waals surface area contributed by atoms with Gasteiger partial charge in [-0.3, -0.25) is 5.43 Å². The van der Waals surface area contributed by atoms with Gasteiger partial charge in [-0.15, -0.1) is 0 Å². The molecule has 0 aliphatic heterocycles. The van der Waals surface area contributed by atoms with Gasteiger partial charge in [0.15, 0.2) is 0 Å². The second-order valence-electron chi connectivity index (χ2n) is 4.63. The standard InChI is InChI=1S/C13H27N7S/c1-5-20(6-2)13-17-11(16-12(18-13)19-14)15-10(4)8-9-21-7-3/h10H,5-9,14H2,1-4H3,(H2,15,16,17,18,19). The molecule has 1 heterocycles. The van der Waals surface area contributed by atoms with E-state index in [2.05, 4.69) is 58.3 Å². The number of aromatic nitrogens is 3. The lowest BCUT2D eigenvalue weighted by atomic mass is 10.3. The van der Waals surface area contributed by atoms with Crippen molar-refractivity contribution < 1.29 is 0 Å². The van der Waals surface area contributed by atoms with Gasteiger partial charge in [0, 0.05) is 19.1 Å². The zero-order valence-electron chi connectivity index (χ0n) is 13.4. The number of anilines is 3. The highest BCUT2D eigenvalue weighted by atomic mass is 32.2. The van der Waals surface area contributed by atoms with Crippen molar-refractivity contribution in [2.45, 2.75) is 40.2 Å². The Morgan fingerprint density at radius 1 is 1.14 bits per heavy atom. The Kier molecular flexibility index (Phi) is 8.14. The number of rotatable bonds is 10. The van der Waals surface area contributed by atoms with E-state index in [0.717, 1.165) is 31.0 Å². The third-order valence-corrected chi connectivity index (χ3v) is 4.01. The molecule has 0 fully saturated rings. The Morgan fingerprint density at radius 3 is 2.38 bits per heavy atom. The van der Waals surface area contributed by atoms with Gasteiger partial charge in [0.2, 0.25) is 17.8 Å². The van der Waals surface area contributed by atoms with Crippen LogP contribution in [-0.2, 0) is 0 Å². The van der Waals surface area contributed by atoms with Crippen LogP contribution in [0.5, 0.6) is 0 Å². The Balaban J connectivity index is 2.78. The minimum atomic E-state index is 0.307. The molecule has 0 bridgehead atoms. The van der Waals surface area contributed by atoms with Crippen LogP contribution in [-0.4, -0.2) is 45.6 Å². The molecule has 4 N–H and O–H groups in total. The first kappa shape index (κ1) is 17.8. The maximum atomic E-state index is 5.45. The van der Waals surface area contributed by atoms with Gasteiger partial charge in [0.1, 0.15) is 0 Å². The molecule has 1 aromatic rings. The summed E-state index contributed by atoms with van der Waals surface area (Å²) in [7, 11) is 0. The molecule has 1 atom stereocenters. The van der Waals surface area contributed by atoms with Crippen LogP contribution >= 0.6 is 11.8 Å². The van der Waals surface area contributed by atoms with Gasteiger partial charge < -0.3 is 10.2 Å². The topological polar surface area (TPSA) is 92.0 Å². The molecular weight excluding hydrogens is 286 g/mol. The molecule has 1 unspecified atom stereocenters. The summed E-state index contributed by atoms with van der Waals surface area (Å²) >= 11 is 1.94. The summed E-state index contributed by atoms with van der Waals surface area (Å²) in [5, 5.41) is 3.32. The second kappa shape index (κ2) is 9.62. The lowest BCUT2D eigenvalue weighted by Crippen LogP contribution is -2.27. The number of hydrogen-bond donors (Lipinski definition) is 3. The van der Waals surface area contributed by atoms with Crippen molar-refractivity contribution >= 4 is 29.6 Å². The molecule has 8 heteroatoms. The lowest BCUT2D eigenvalue weighted by molar-refractivity contribution is 0.751. The van der Waals surface area contributed by atoms with E-state index in [0.29, 0.717) is 23.9 Å². The zero-order chi connectivity index (χ0) is 15.7. The van der Waals surface area contributed by atoms with Gasteiger partial charge in [0.05, 0.1) is 0 Å². The van der Waals surface area contributed by atoms with Gasteiger partial charge >= 0.3 is 0 Å². The normalized spacial score (nSPS) is 12.0. The molecule has 0 amide bonds. The highest BCUT2D eigenvalue weighted by Crippen LogP contribution is 2.14. The third kappa shape index (κ3) is 5.92. The molecule has 21 heavy (non-hydrogen) atoms. The molecule has 120 valence electrons. The molecule has 0 aromatic carbocycles. The molecule has 0 aliphatic rings. The summed E-state index contributed by atoms with van der Waals surface area (Å²) in [4.78, 5) is 15.1. The van der Waals surface area contributed by atoms with Crippen molar-refractivity contribution in [1.29, 1.82) is 0 Å². The highest BCUT2D eigenvalue weighted by molar-refractivity contribution is 7.99. The maximum Gasteiger partial charge on any atom is 0.243 e. The molecule has 0 aliphatic carbocycles. The summed E-state index contributed by atoms with van der Waals surface area (Å²) in [6.45, 7) is 10.1. The van der Waals surface area contributed by atoms with Crippen molar-refractivity contribution in [2.24, 2.45) is 5.84 Å². The van der Waals surface area contributed by atoms with Crippen molar-refractivity contribution in [3.05, 3.63) is 0 Å². The molecule has 0 radical (unpaired) electrons. The van der Waals surface area contributed by atoms with Crippen LogP contribution in [0, 0.1) is 0 Å². The number of hydrazine groups is 1. The summed E-state index contributed by atoms with van der Waals surface area (Å²) in [6.07, 6.45) is 1.07. The third-order valence-electron chi connectivity index (χ3n) is 3.07. The van der Waals surface area contributed by atoms with Gasteiger partial charge in [-0.1, -0.05) is 6.92 Å². The predicted molar refractivity (Wildman–Crippen MR) is 91.9 cm³/mol. The summed E-state index contributed by atoms with van der Waals surface area (Å²) in [6, 6.07) is 0.307. The van der Waals surface area contributed by atoms with E-state index in [1.807, 2.05) is 11.8 Å². The first-order valence-electron chi connectivity index (χ1n) is 7.46. The molecule has 0 saturated carbocycles. The first-order chi connectivity index (χ1) is 10.1. The Morgan fingerprint density at radius 2 is 1.81 bits per heavy atom. The SMILES string of the molecule is CCSCCC(C)Nc1nc(NN)nc(N(CC)CC)n1. The smallest absolute Gasteiger partial charge is 0.243 e. The number of nitrogen functional groups attached to an aromatic ring is 1. The van der Waals surface area contributed by atoms with E-state index in [-0.39, 0.29) is 0 Å². The number of hydrogen-bond acceptors (Lipinski definition) is 8. The summed E-state index contributed by atoms with van der Waals surface area (Å²) < 4.78 is 0. The number of nitrogens with two attached hydrogens (primary N) is 1. The largest absolute Gasteiger partial charge is 0.352 e. The quantitative estimate of drug-likeness (QED) is 0.343. The van der Waals surface area contributed by atoms with Crippen molar-refractivity contribution in [1.82, 2.24) is 15.0 Å². The van der Waals surface area contributed by atoms with Gasteiger partial charge in [-0.2, -0.15) is 26.7 Å². The lowest BCUT2D eigenvalue weighted by Gasteiger charge is -2.20. The van der Waals surface area contributed by atoms with Crippen molar-refractivity contribution in [3.63, 3.8) is 0 Å². The molecule has 7 nitrogen and oxygen atoms in total. The Hall–Kier alpha value is -1.28. The van der Waals surface area contributed by atoms with Gasteiger partial charge in [-0.05, 0) is 38.7 Å². The minimum absolute atomic E-state index is 0.307. The second-order valence-corrected chi connectivity index (χ2v) is 6.02. The number of thioether (sulfide) groups is 1. The fourth-order valence-corrected chi connectivity index (χ4v) is 2.65. The zero-order valence-corrected chi connectivity index (χ0v) is 14.2. The van der Waals surface area contributed by atoms with Crippen LogP contribution in [0.15, 0.2) is 0 Å². The number of nitrogens with one attached hydrogen (secondary N) is 2. The number of nitrogens with zero attached hydrogens (tertiary/aromatic N) is 4. The maximum absolute atomic E-state index is 5.45. The Labute approximate surface area is 131 Å². The van der Waals surface area contributed by atoms with E-state index in [1.54, 1.807) is 0 Å². The van der Waals surface area contributed by atoms with Crippen LogP contribution in [0.25, 0.3) is 0 Å². The van der Waals surface area contributed by atoms with Crippen molar-refractivity contribution in [3.8, 4) is 0 Å². The van der Waals surface area contributed by atoms with Gasteiger partial charge in [-0.25, -0.2) is 5.84 Å². The van der Waals surface area contributed by atoms with E-state index < -0.39 is 0 Å². The Bertz CT molecular complexity index is 412. The van der Waals surface area contributed by atoms with Crippen LogP contribution in [0.1, 0.15) is 34.1 Å². The molecule has 0 spiro atoms. The molecule has 1 rings (SSSR count). The minimum Gasteiger partial charge on any atom is -0.352 e.